The van der Waals surface area contributed by atoms with Crippen molar-refractivity contribution in [1.29, 1.82) is 0 Å². The lowest BCUT2D eigenvalue weighted by Crippen LogP contribution is -2.45. The Kier molecular flexibility index (Phi) is 6.22. The van der Waals surface area contributed by atoms with Crippen LogP contribution in [0.25, 0.3) is 0 Å². The van der Waals surface area contributed by atoms with E-state index in [2.05, 4.69) is 5.32 Å². The third kappa shape index (κ3) is 6.33. The molecule has 150 valence electrons. The smallest absolute Gasteiger partial charge is 0.410 e. The lowest BCUT2D eigenvalue weighted by atomic mass is 10.0. The van der Waals surface area contributed by atoms with Gasteiger partial charge < -0.3 is 19.7 Å². The Labute approximate surface area is 155 Å². The van der Waals surface area contributed by atoms with Crippen LogP contribution in [0.1, 0.15) is 26.3 Å². The van der Waals surface area contributed by atoms with E-state index in [4.69, 9.17) is 9.47 Å². The highest BCUT2D eigenvalue weighted by Crippen LogP contribution is 2.34. The molecular formula is C18H23F3N2O4. The van der Waals surface area contributed by atoms with E-state index in [0.717, 1.165) is 4.90 Å². The summed E-state index contributed by atoms with van der Waals surface area (Å²) in [5, 5.41) is 2.22. The number of ether oxygens (including phenoxy) is 2. The Morgan fingerprint density at radius 3 is 2.33 bits per heavy atom. The number of likely N-dealkylation sites (tertiary alicyclic amines) is 1. The second-order valence-corrected chi connectivity index (χ2v) is 7.35. The molecule has 1 aliphatic rings. The Morgan fingerprint density at radius 1 is 1.15 bits per heavy atom. The zero-order valence-electron chi connectivity index (χ0n) is 15.4. The molecule has 9 heteroatoms. The number of alkyl halides is 3. The number of alkyl carbamates (subject to hydrolysis) is 1. The molecule has 1 N–H and O–H groups in total. The number of hydrogen-bond acceptors (Lipinski definition) is 4. The van der Waals surface area contributed by atoms with Gasteiger partial charge in [-0.15, -0.1) is 0 Å². The molecule has 0 bridgehead atoms. The molecule has 6 nitrogen and oxygen atoms in total. The van der Waals surface area contributed by atoms with E-state index in [0.29, 0.717) is 5.56 Å². The zero-order chi connectivity index (χ0) is 20.2. The molecule has 2 atom stereocenters. The first kappa shape index (κ1) is 20.9. The monoisotopic (exact) mass is 388 g/mol. The molecule has 1 unspecified atom stereocenters. The fraction of sp³-hybridized carbons (Fsp3) is 0.556. The van der Waals surface area contributed by atoms with Crippen LogP contribution in [0.5, 0.6) is 0 Å². The van der Waals surface area contributed by atoms with Crippen LogP contribution < -0.4 is 5.32 Å². The minimum atomic E-state index is -4.58. The second-order valence-electron chi connectivity index (χ2n) is 7.35. The van der Waals surface area contributed by atoms with E-state index in [1.807, 2.05) is 0 Å². The summed E-state index contributed by atoms with van der Waals surface area (Å²) in [5.41, 5.74) is -0.118. The summed E-state index contributed by atoms with van der Waals surface area (Å²) in [7, 11) is 0. The fourth-order valence-corrected chi connectivity index (χ4v) is 2.67. The van der Waals surface area contributed by atoms with Crippen LogP contribution >= 0.6 is 0 Å². The molecule has 1 aliphatic heterocycles. The minimum Gasteiger partial charge on any atom is -0.445 e. The average molecular weight is 388 g/mol. The maximum atomic E-state index is 13.3. The Bertz CT molecular complexity index is 659. The summed E-state index contributed by atoms with van der Waals surface area (Å²) in [5.74, 6) is -1.89. The van der Waals surface area contributed by atoms with Crippen molar-refractivity contribution in [2.24, 2.45) is 5.92 Å². The van der Waals surface area contributed by atoms with Crippen LogP contribution in [-0.4, -0.2) is 48.0 Å². The summed E-state index contributed by atoms with van der Waals surface area (Å²) in [6.07, 6.45) is -6.39. The van der Waals surface area contributed by atoms with Gasteiger partial charge in [-0.1, -0.05) is 30.3 Å². The molecule has 1 saturated heterocycles. The molecule has 27 heavy (non-hydrogen) atoms. The van der Waals surface area contributed by atoms with E-state index in [9.17, 15) is 22.8 Å². The van der Waals surface area contributed by atoms with Crippen molar-refractivity contribution in [2.75, 3.05) is 13.1 Å². The molecule has 0 saturated carbocycles. The number of rotatable bonds is 3. The van der Waals surface area contributed by atoms with Gasteiger partial charge in [-0.3, -0.25) is 0 Å². The van der Waals surface area contributed by atoms with Crippen LogP contribution in [0, 0.1) is 5.92 Å². The van der Waals surface area contributed by atoms with E-state index in [-0.39, 0.29) is 13.2 Å². The highest BCUT2D eigenvalue weighted by molar-refractivity contribution is 5.70. The van der Waals surface area contributed by atoms with Gasteiger partial charge in [0.15, 0.2) is 0 Å². The Balaban J connectivity index is 1.97. The first-order valence-corrected chi connectivity index (χ1v) is 8.47. The van der Waals surface area contributed by atoms with Crippen LogP contribution in [0.15, 0.2) is 30.3 Å². The molecule has 0 radical (unpaired) electrons. The van der Waals surface area contributed by atoms with Crippen LogP contribution in [0.4, 0.5) is 22.8 Å². The van der Waals surface area contributed by atoms with Crippen molar-refractivity contribution in [3.05, 3.63) is 35.9 Å². The molecule has 1 fully saturated rings. The predicted octanol–water partition coefficient (Wildman–Crippen LogP) is 3.71. The van der Waals surface area contributed by atoms with Gasteiger partial charge in [-0.25, -0.2) is 9.59 Å². The van der Waals surface area contributed by atoms with E-state index >= 15 is 0 Å². The SMILES string of the molecule is CC(C)(C)OC(=O)N1CC(C(F)(F)F)[C@H](NC(=O)OCc2ccccc2)C1. The van der Waals surface area contributed by atoms with Crippen molar-refractivity contribution in [1.82, 2.24) is 10.2 Å². The highest BCUT2D eigenvalue weighted by Gasteiger charge is 2.52. The quantitative estimate of drug-likeness (QED) is 0.857. The lowest BCUT2D eigenvalue weighted by molar-refractivity contribution is -0.174. The van der Waals surface area contributed by atoms with Crippen molar-refractivity contribution in [3.63, 3.8) is 0 Å². The van der Waals surface area contributed by atoms with E-state index < -0.39 is 42.5 Å². The fourth-order valence-electron chi connectivity index (χ4n) is 2.67. The molecule has 2 rings (SSSR count). The van der Waals surface area contributed by atoms with Crippen LogP contribution in [-0.2, 0) is 16.1 Å². The summed E-state index contributed by atoms with van der Waals surface area (Å²) in [6, 6.07) is 7.46. The summed E-state index contributed by atoms with van der Waals surface area (Å²) < 4.78 is 50.0. The van der Waals surface area contributed by atoms with Crippen molar-refractivity contribution < 1.29 is 32.2 Å². The molecule has 0 aliphatic carbocycles. The van der Waals surface area contributed by atoms with E-state index in [1.165, 1.54) is 0 Å². The molecule has 1 heterocycles. The second kappa shape index (κ2) is 8.06. The molecule has 2 amide bonds. The largest absolute Gasteiger partial charge is 0.445 e. The zero-order valence-corrected chi connectivity index (χ0v) is 15.4. The van der Waals surface area contributed by atoms with Crippen molar-refractivity contribution >= 4 is 12.2 Å². The van der Waals surface area contributed by atoms with Gasteiger partial charge in [0.25, 0.3) is 0 Å². The molecule has 1 aromatic carbocycles. The summed E-state index contributed by atoms with van der Waals surface area (Å²) >= 11 is 0. The van der Waals surface area contributed by atoms with Crippen molar-refractivity contribution in [2.45, 2.75) is 45.2 Å². The number of carbonyl (C=O) groups is 2. The molecular weight excluding hydrogens is 365 g/mol. The van der Waals surface area contributed by atoms with Crippen molar-refractivity contribution in [3.8, 4) is 0 Å². The maximum absolute atomic E-state index is 13.3. The van der Waals surface area contributed by atoms with Gasteiger partial charge >= 0.3 is 18.4 Å². The molecule has 1 aromatic rings. The number of carbonyl (C=O) groups excluding carboxylic acids is 2. The average Bonchev–Trinajstić information content (AvgIpc) is 2.96. The molecule has 0 aromatic heterocycles. The highest BCUT2D eigenvalue weighted by atomic mass is 19.4. The first-order valence-electron chi connectivity index (χ1n) is 8.47. The van der Waals surface area contributed by atoms with Crippen LogP contribution in [0.2, 0.25) is 0 Å². The topological polar surface area (TPSA) is 67.9 Å². The van der Waals surface area contributed by atoms with Gasteiger partial charge in [0, 0.05) is 13.1 Å². The number of amides is 2. The normalized spacial score (nSPS) is 20.3. The Morgan fingerprint density at radius 2 is 1.78 bits per heavy atom. The van der Waals surface area contributed by atoms with Gasteiger partial charge in [-0.2, -0.15) is 13.2 Å². The number of hydrogen-bond donors (Lipinski definition) is 1. The number of nitrogens with one attached hydrogen (secondary N) is 1. The number of halogens is 3. The summed E-state index contributed by atoms with van der Waals surface area (Å²) in [4.78, 5) is 24.9. The number of nitrogens with zero attached hydrogens (tertiary/aromatic N) is 1. The lowest BCUT2D eigenvalue weighted by Gasteiger charge is -2.24. The third-order valence-electron chi connectivity index (χ3n) is 3.91. The first-order chi connectivity index (χ1) is 12.5. The minimum absolute atomic E-state index is 0.0636. The van der Waals surface area contributed by atoms with Gasteiger partial charge in [0.1, 0.15) is 12.2 Å². The third-order valence-corrected chi connectivity index (χ3v) is 3.91. The predicted molar refractivity (Wildman–Crippen MR) is 90.9 cm³/mol. The van der Waals surface area contributed by atoms with E-state index in [1.54, 1.807) is 51.1 Å². The van der Waals surface area contributed by atoms with Gasteiger partial charge in [0.2, 0.25) is 0 Å². The van der Waals surface area contributed by atoms with Gasteiger partial charge in [-0.05, 0) is 26.3 Å². The molecule has 0 spiro atoms. The maximum Gasteiger partial charge on any atom is 0.410 e. The summed E-state index contributed by atoms with van der Waals surface area (Å²) in [6.45, 7) is 3.92. The number of benzene rings is 1. The standard InChI is InChI=1S/C18H23F3N2O4/c1-17(2,3)27-16(25)23-9-13(18(19,20)21)14(10-23)22-15(24)26-11-12-7-5-4-6-8-12/h4-8,13-14H,9-11H2,1-3H3,(H,22,24)/t13?,14-/m1/s1. The Hall–Kier alpha value is -2.45. The van der Waals surface area contributed by atoms with Crippen LogP contribution in [0.3, 0.4) is 0 Å². The van der Waals surface area contributed by atoms with Gasteiger partial charge in [0.05, 0.1) is 12.0 Å².